The molecule has 0 saturated heterocycles. The molecule has 2 nitrogen and oxygen atoms in total. The number of ketones is 1. The number of aromatic amines is 1. The number of fused-ring (bicyclic) bond motifs is 1. The number of unbranched alkanes of at least 4 members (excludes halogenated alkanes) is 2. The molecule has 1 heterocycles. The van der Waals surface area contributed by atoms with Crippen LogP contribution >= 0.6 is 0 Å². The number of H-pyrrole nitrogens is 1. The van der Waals surface area contributed by atoms with Gasteiger partial charge in [-0.25, -0.2) is 0 Å². The normalized spacial score (nSPS) is 12.7. The Morgan fingerprint density at radius 2 is 2.05 bits per heavy atom. The Morgan fingerprint density at radius 1 is 1.26 bits per heavy atom. The maximum atomic E-state index is 11.5. The highest BCUT2D eigenvalue weighted by atomic mass is 16.1. The SMILES string of the molecule is CCCCC[C@@H](CC(C)=O)c1c[nH]c2ccccc12. The molecule has 0 amide bonds. The third-order valence-corrected chi connectivity index (χ3v) is 3.75. The summed E-state index contributed by atoms with van der Waals surface area (Å²) in [6, 6.07) is 8.35. The molecule has 1 aromatic carbocycles. The van der Waals surface area contributed by atoms with E-state index in [0.717, 1.165) is 6.42 Å². The molecule has 102 valence electrons. The molecule has 0 unspecified atom stereocenters. The van der Waals surface area contributed by atoms with Crippen molar-refractivity contribution in [3.63, 3.8) is 0 Å². The Labute approximate surface area is 115 Å². The number of para-hydroxylation sites is 1. The first-order chi connectivity index (χ1) is 9.22. The number of aromatic nitrogens is 1. The number of carbonyl (C=O) groups excluding carboxylic acids is 1. The zero-order chi connectivity index (χ0) is 13.7. The lowest BCUT2D eigenvalue weighted by Gasteiger charge is -2.14. The highest BCUT2D eigenvalue weighted by molar-refractivity contribution is 5.85. The van der Waals surface area contributed by atoms with Gasteiger partial charge in [-0.15, -0.1) is 0 Å². The van der Waals surface area contributed by atoms with Crippen molar-refractivity contribution in [3.05, 3.63) is 36.0 Å². The molecule has 2 rings (SSSR count). The van der Waals surface area contributed by atoms with Crippen LogP contribution in [0.4, 0.5) is 0 Å². The van der Waals surface area contributed by atoms with Crippen LogP contribution in [0, 0.1) is 0 Å². The molecule has 0 bridgehead atoms. The zero-order valence-corrected chi connectivity index (χ0v) is 11.9. The van der Waals surface area contributed by atoms with Gasteiger partial charge in [0.05, 0.1) is 0 Å². The van der Waals surface area contributed by atoms with Gasteiger partial charge >= 0.3 is 0 Å². The summed E-state index contributed by atoms with van der Waals surface area (Å²) in [5, 5.41) is 1.27. The second-order valence-electron chi connectivity index (χ2n) is 5.39. The lowest BCUT2D eigenvalue weighted by molar-refractivity contribution is -0.117. The van der Waals surface area contributed by atoms with Gasteiger partial charge in [0, 0.05) is 23.5 Å². The van der Waals surface area contributed by atoms with E-state index in [4.69, 9.17) is 0 Å². The number of carbonyl (C=O) groups is 1. The van der Waals surface area contributed by atoms with Crippen molar-refractivity contribution in [1.82, 2.24) is 4.98 Å². The van der Waals surface area contributed by atoms with E-state index in [9.17, 15) is 4.79 Å². The Balaban J connectivity index is 2.23. The van der Waals surface area contributed by atoms with E-state index in [1.807, 2.05) is 6.07 Å². The van der Waals surface area contributed by atoms with Crippen molar-refractivity contribution < 1.29 is 4.79 Å². The van der Waals surface area contributed by atoms with Crippen LogP contribution in [0.3, 0.4) is 0 Å². The molecular weight excluding hydrogens is 234 g/mol. The average molecular weight is 257 g/mol. The fraction of sp³-hybridized carbons (Fsp3) is 0.471. The summed E-state index contributed by atoms with van der Waals surface area (Å²) in [4.78, 5) is 14.8. The smallest absolute Gasteiger partial charge is 0.130 e. The summed E-state index contributed by atoms with van der Waals surface area (Å²) in [6.07, 6.45) is 7.52. The van der Waals surface area contributed by atoms with Crippen molar-refractivity contribution in [3.8, 4) is 0 Å². The van der Waals surface area contributed by atoms with E-state index in [1.54, 1.807) is 6.92 Å². The maximum Gasteiger partial charge on any atom is 0.130 e. The number of nitrogens with one attached hydrogen (secondary N) is 1. The first kappa shape index (κ1) is 13.9. The first-order valence-corrected chi connectivity index (χ1v) is 7.27. The highest BCUT2D eigenvalue weighted by Gasteiger charge is 2.17. The van der Waals surface area contributed by atoms with Crippen LogP contribution in [0.2, 0.25) is 0 Å². The number of hydrogen-bond donors (Lipinski definition) is 1. The fourth-order valence-electron chi connectivity index (χ4n) is 2.79. The molecule has 1 atom stereocenters. The van der Waals surface area contributed by atoms with Crippen molar-refractivity contribution >= 4 is 16.7 Å². The minimum absolute atomic E-state index is 0.284. The van der Waals surface area contributed by atoms with Crippen molar-refractivity contribution in [2.75, 3.05) is 0 Å². The van der Waals surface area contributed by atoms with E-state index >= 15 is 0 Å². The molecule has 19 heavy (non-hydrogen) atoms. The molecule has 0 radical (unpaired) electrons. The first-order valence-electron chi connectivity index (χ1n) is 7.27. The Bertz CT molecular complexity index is 541. The van der Waals surface area contributed by atoms with Gasteiger partial charge < -0.3 is 9.78 Å². The largest absolute Gasteiger partial charge is 0.361 e. The van der Waals surface area contributed by atoms with Gasteiger partial charge in [0.1, 0.15) is 5.78 Å². The minimum Gasteiger partial charge on any atom is -0.361 e. The second kappa shape index (κ2) is 6.55. The summed E-state index contributed by atoms with van der Waals surface area (Å²) in [5.74, 6) is 0.645. The molecule has 0 aliphatic heterocycles. The van der Waals surface area contributed by atoms with Gasteiger partial charge in [-0.1, -0.05) is 44.4 Å². The summed E-state index contributed by atoms with van der Waals surface area (Å²) in [6.45, 7) is 3.91. The number of rotatable bonds is 7. The number of benzene rings is 1. The summed E-state index contributed by atoms with van der Waals surface area (Å²) < 4.78 is 0. The lowest BCUT2D eigenvalue weighted by Crippen LogP contribution is -2.04. The minimum atomic E-state index is 0.284. The summed E-state index contributed by atoms with van der Waals surface area (Å²) in [7, 11) is 0. The van der Waals surface area contributed by atoms with Crippen LogP contribution in [0.15, 0.2) is 30.5 Å². The van der Waals surface area contributed by atoms with E-state index in [-0.39, 0.29) is 5.78 Å². The molecule has 0 saturated carbocycles. The Hall–Kier alpha value is -1.57. The molecule has 1 aromatic heterocycles. The average Bonchev–Trinajstić information content (AvgIpc) is 2.81. The second-order valence-corrected chi connectivity index (χ2v) is 5.39. The van der Waals surface area contributed by atoms with Gasteiger partial charge in [-0.2, -0.15) is 0 Å². The van der Waals surface area contributed by atoms with Gasteiger partial charge in [0.15, 0.2) is 0 Å². The van der Waals surface area contributed by atoms with Crippen LogP contribution in [0.5, 0.6) is 0 Å². The van der Waals surface area contributed by atoms with Crippen molar-refractivity contribution in [1.29, 1.82) is 0 Å². The van der Waals surface area contributed by atoms with Gasteiger partial charge in [-0.3, -0.25) is 0 Å². The fourth-order valence-corrected chi connectivity index (χ4v) is 2.79. The molecule has 2 aromatic rings. The monoisotopic (exact) mass is 257 g/mol. The molecule has 1 N–H and O–H groups in total. The van der Waals surface area contributed by atoms with E-state index < -0.39 is 0 Å². The molecule has 2 heteroatoms. The Kier molecular flexibility index (Phi) is 4.78. The standard InChI is InChI=1S/C17H23NO/c1-3-4-5-8-14(11-13(2)19)16-12-18-17-10-7-6-9-15(16)17/h6-7,9-10,12,14,18H,3-5,8,11H2,1-2H3/t14-/m0/s1. The molecule has 0 aliphatic rings. The third kappa shape index (κ3) is 3.46. The number of Topliss-reactive ketones (excluding diaryl/α,β-unsaturated/α-hetero) is 1. The molecular formula is C17H23NO. The van der Waals surface area contributed by atoms with Gasteiger partial charge in [-0.05, 0) is 30.9 Å². The van der Waals surface area contributed by atoms with Crippen molar-refractivity contribution in [2.45, 2.75) is 51.9 Å². The van der Waals surface area contributed by atoms with Gasteiger partial charge in [0.2, 0.25) is 0 Å². The predicted octanol–water partition coefficient (Wildman–Crippen LogP) is 4.81. The molecule has 0 spiro atoms. The van der Waals surface area contributed by atoms with E-state index in [0.29, 0.717) is 12.3 Å². The van der Waals surface area contributed by atoms with Crippen LogP contribution < -0.4 is 0 Å². The van der Waals surface area contributed by atoms with Gasteiger partial charge in [0.25, 0.3) is 0 Å². The topological polar surface area (TPSA) is 32.9 Å². The molecule has 0 aliphatic carbocycles. The van der Waals surface area contributed by atoms with Crippen LogP contribution in [0.1, 0.15) is 57.4 Å². The summed E-state index contributed by atoms with van der Waals surface area (Å²) >= 11 is 0. The predicted molar refractivity (Wildman–Crippen MR) is 80.5 cm³/mol. The maximum absolute atomic E-state index is 11.5. The zero-order valence-electron chi connectivity index (χ0n) is 11.9. The van der Waals surface area contributed by atoms with E-state index in [2.05, 4.69) is 36.3 Å². The Morgan fingerprint density at radius 3 is 2.79 bits per heavy atom. The third-order valence-electron chi connectivity index (χ3n) is 3.75. The number of hydrogen-bond acceptors (Lipinski definition) is 1. The van der Waals surface area contributed by atoms with Crippen LogP contribution in [-0.4, -0.2) is 10.8 Å². The summed E-state index contributed by atoms with van der Waals surface area (Å²) in [5.41, 5.74) is 2.48. The quantitative estimate of drug-likeness (QED) is 0.709. The van der Waals surface area contributed by atoms with Crippen LogP contribution in [-0.2, 0) is 4.79 Å². The highest BCUT2D eigenvalue weighted by Crippen LogP contribution is 2.32. The van der Waals surface area contributed by atoms with Crippen LogP contribution in [0.25, 0.3) is 10.9 Å². The molecule has 0 fully saturated rings. The van der Waals surface area contributed by atoms with Crippen molar-refractivity contribution in [2.24, 2.45) is 0 Å². The lowest BCUT2D eigenvalue weighted by atomic mass is 9.89. The van der Waals surface area contributed by atoms with E-state index in [1.165, 1.54) is 35.7 Å².